The number of thiazole rings is 1. The molecule has 1 aromatic carbocycles. The predicted molar refractivity (Wildman–Crippen MR) is 129 cm³/mol. The minimum absolute atomic E-state index is 0.786. The Labute approximate surface area is 187 Å². The van der Waals surface area contributed by atoms with E-state index in [4.69, 9.17) is 10.7 Å². The molecule has 6 heteroatoms. The van der Waals surface area contributed by atoms with Crippen LogP contribution >= 0.6 is 11.3 Å². The number of hydrogen-bond acceptors (Lipinski definition) is 4. The molecule has 5 nitrogen and oxygen atoms in total. The highest BCUT2D eigenvalue weighted by Gasteiger charge is 2.24. The molecule has 1 saturated heterocycles. The number of aromatic nitrogens is 3. The van der Waals surface area contributed by atoms with Crippen LogP contribution < -0.4 is 5.73 Å². The first-order valence-electron chi connectivity index (χ1n) is 11.5. The fraction of sp³-hybridized carbons (Fsp3) is 0.400. The van der Waals surface area contributed by atoms with Crippen molar-refractivity contribution in [3.63, 3.8) is 0 Å². The van der Waals surface area contributed by atoms with Crippen LogP contribution in [0.3, 0.4) is 0 Å². The smallest absolute Gasteiger partial charge is 0.194 e. The molecule has 1 fully saturated rings. The molecule has 6 rings (SSSR count). The van der Waals surface area contributed by atoms with Crippen LogP contribution in [0.15, 0.2) is 42.9 Å². The molecule has 1 aliphatic heterocycles. The molecule has 0 radical (unpaired) electrons. The molecule has 31 heavy (non-hydrogen) atoms. The minimum atomic E-state index is 0.786. The second-order valence-electron chi connectivity index (χ2n) is 8.97. The summed E-state index contributed by atoms with van der Waals surface area (Å²) in [4.78, 5) is 10.1. The number of hydrogen-bond donors (Lipinski definition) is 1. The summed E-state index contributed by atoms with van der Waals surface area (Å²) in [5.41, 5.74) is 13.0. The van der Waals surface area contributed by atoms with E-state index in [-0.39, 0.29) is 0 Å². The normalized spacial score (nSPS) is 16.5. The van der Waals surface area contributed by atoms with E-state index >= 15 is 0 Å². The third-order valence-corrected chi connectivity index (χ3v) is 7.89. The van der Waals surface area contributed by atoms with E-state index < -0.39 is 0 Å². The highest BCUT2D eigenvalue weighted by atomic mass is 32.1. The van der Waals surface area contributed by atoms with Gasteiger partial charge in [-0.25, -0.2) is 4.98 Å². The van der Waals surface area contributed by atoms with Crippen LogP contribution in [0.1, 0.15) is 36.1 Å². The Bertz CT molecular complexity index is 1210. The van der Waals surface area contributed by atoms with Crippen molar-refractivity contribution < 1.29 is 0 Å². The van der Waals surface area contributed by atoms with E-state index in [1.54, 1.807) is 0 Å². The Balaban J connectivity index is 1.26. The fourth-order valence-corrected chi connectivity index (χ4v) is 6.25. The van der Waals surface area contributed by atoms with E-state index in [1.807, 2.05) is 23.5 Å². The number of nitrogen functional groups attached to an aromatic ring is 1. The van der Waals surface area contributed by atoms with Crippen molar-refractivity contribution in [3.8, 4) is 22.5 Å². The summed E-state index contributed by atoms with van der Waals surface area (Å²) in [7, 11) is 0. The van der Waals surface area contributed by atoms with Crippen LogP contribution in [-0.4, -0.2) is 38.5 Å². The maximum atomic E-state index is 5.85. The summed E-state index contributed by atoms with van der Waals surface area (Å²) in [5, 5.41) is 0. The van der Waals surface area contributed by atoms with E-state index in [0.717, 1.165) is 41.3 Å². The van der Waals surface area contributed by atoms with Gasteiger partial charge in [0, 0.05) is 46.8 Å². The largest absolute Gasteiger partial charge is 0.399 e. The third-order valence-electron chi connectivity index (χ3n) is 6.78. The number of likely N-dealkylation sites (tertiary alicyclic amines) is 1. The summed E-state index contributed by atoms with van der Waals surface area (Å²) < 4.78 is 4.73. The van der Waals surface area contributed by atoms with Gasteiger partial charge in [-0.05, 0) is 69.4 Å². The number of fused-ring (bicyclic) bond motifs is 5. The molecule has 0 saturated carbocycles. The first-order valence-corrected chi connectivity index (χ1v) is 12.3. The number of nitrogens with two attached hydrogens (primary N) is 1. The van der Waals surface area contributed by atoms with E-state index in [1.165, 1.54) is 67.0 Å². The Morgan fingerprint density at radius 3 is 2.61 bits per heavy atom. The zero-order chi connectivity index (χ0) is 20.8. The van der Waals surface area contributed by atoms with Gasteiger partial charge in [0.25, 0.3) is 0 Å². The van der Waals surface area contributed by atoms with Crippen molar-refractivity contribution in [2.24, 2.45) is 0 Å². The van der Waals surface area contributed by atoms with Gasteiger partial charge in [0.15, 0.2) is 4.96 Å². The second kappa shape index (κ2) is 7.84. The van der Waals surface area contributed by atoms with Crippen LogP contribution in [0, 0.1) is 0 Å². The van der Waals surface area contributed by atoms with Crippen molar-refractivity contribution >= 4 is 22.0 Å². The Morgan fingerprint density at radius 1 is 0.935 bits per heavy atom. The predicted octanol–water partition coefficient (Wildman–Crippen LogP) is 5.09. The maximum absolute atomic E-state index is 5.85. The van der Waals surface area contributed by atoms with Crippen molar-refractivity contribution in [2.45, 2.75) is 45.1 Å². The summed E-state index contributed by atoms with van der Waals surface area (Å²) in [6.45, 7) is 4.90. The molecule has 4 aromatic rings. The van der Waals surface area contributed by atoms with Gasteiger partial charge in [0.1, 0.15) is 0 Å². The highest BCUT2D eigenvalue weighted by Crippen LogP contribution is 2.40. The van der Waals surface area contributed by atoms with Gasteiger partial charge in [-0.3, -0.25) is 4.40 Å². The molecule has 2 N–H and O–H groups in total. The number of nitrogens with zero attached hydrogens (tertiary/aromatic N) is 4. The quantitative estimate of drug-likeness (QED) is 0.448. The van der Waals surface area contributed by atoms with Gasteiger partial charge in [-0.15, -0.1) is 11.3 Å². The summed E-state index contributed by atoms with van der Waals surface area (Å²) >= 11 is 1.84. The van der Waals surface area contributed by atoms with Crippen LogP contribution in [-0.2, 0) is 19.4 Å². The number of rotatable bonds is 5. The van der Waals surface area contributed by atoms with Crippen LogP contribution in [0.25, 0.3) is 27.5 Å². The van der Waals surface area contributed by atoms with Crippen molar-refractivity contribution in [1.29, 1.82) is 0 Å². The molecule has 0 atom stereocenters. The lowest BCUT2D eigenvalue weighted by molar-refractivity contribution is 0.223. The van der Waals surface area contributed by atoms with Gasteiger partial charge in [-0.1, -0.05) is 18.6 Å². The molecule has 2 aliphatic rings. The average Bonchev–Trinajstić information content (AvgIpc) is 3.47. The Hall–Kier alpha value is -2.57. The molecule has 1 aliphatic carbocycles. The van der Waals surface area contributed by atoms with Gasteiger partial charge in [0.05, 0.1) is 11.4 Å². The standard InChI is InChI=1S/C25H29N5S/c26-20-8-5-18(6-9-20)22-17-30-24-21-16-29(14-4-13-28-11-2-1-3-12-28)15-19(21)7-10-23(24)31-25(30)27-22/h5-6,8-9,15-17H,1-4,7,10-14,26H2. The number of imidazole rings is 1. The first kappa shape index (κ1) is 19.1. The van der Waals surface area contributed by atoms with Crippen molar-refractivity contribution in [1.82, 2.24) is 18.9 Å². The summed E-state index contributed by atoms with van der Waals surface area (Å²) in [5.74, 6) is 0. The molecule has 4 heterocycles. The van der Waals surface area contributed by atoms with Crippen molar-refractivity contribution in [2.75, 3.05) is 25.4 Å². The summed E-state index contributed by atoms with van der Waals surface area (Å²) in [6, 6.07) is 8.00. The number of anilines is 1. The number of aryl methyl sites for hydroxylation is 3. The number of piperidine rings is 1. The van der Waals surface area contributed by atoms with E-state index in [9.17, 15) is 0 Å². The first-order chi connectivity index (χ1) is 15.2. The van der Waals surface area contributed by atoms with E-state index in [2.05, 4.69) is 44.6 Å². The molecule has 0 bridgehead atoms. The fourth-order valence-electron chi connectivity index (χ4n) is 5.14. The Morgan fingerprint density at radius 2 is 1.77 bits per heavy atom. The van der Waals surface area contributed by atoms with Gasteiger partial charge in [-0.2, -0.15) is 0 Å². The van der Waals surface area contributed by atoms with Gasteiger partial charge < -0.3 is 15.2 Å². The lowest BCUT2D eigenvalue weighted by Crippen LogP contribution is -2.31. The van der Waals surface area contributed by atoms with Crippen LogP contribution in [0.5, 0.6) is 0 Å². The Kier molecular flexibility index (Phi) is 4.84. The molecule has 3 aromatic heterocycles. The number of benzene rings is 1. The second-order valence-corrected chi connectivity index (χ2v) is 10.0. The van der Waals surface area contributed by atoms with Gasteiger partial charge >= 0.3 is 0 Å². The zero-order valence-electron chi connectivity index (χ0n) is 17.9. The van der Waals surface area contributed by atoms with Crippen LogP contribution in [0.2, 0.25) is 0 Å². The maximum Gasteiger partial charge on any atom is 0.194 e. The molecule has 0 amide bonds. The molecule has 0 spiro atoms. The SMILES string of the molecule is Nc1ccc(-c2cn3c4c(sc3n2)CCc2cn(CCCN3CCCCC3)cc2-4)cc1. The summed E-state index contributed by atoms with van der Waals surface area (Å²) in [6.07, 6.45) is 14.6. The molecule has 160 valence electrons. The van der Waals surface area contributed by atoms with Gasteiger partial charge in [0.2, 0.25) is 0 Å². The highest BCUT2D eigenvalue weighted by molar-refractivity contribution is 7.17. The molecular weight excluding hydrogens is 402 g/mol. The molecule has 0 unspecified atom stereocenters. The lowest BCUT2D eigenvalue weighted by atomic mass is 9.98. The lowest BCUT2D eigenvalue weighted by Gasteiger charge is -2.26. The topological polar surface area (TPSA) is 51.5 Å². The monoisotopic (exact) mass is 431 g/mol. The van der Waals surface area contributed by atoms with Crippen molar-refractivity contribution in [3.05, 3.63) is 53.3 Å². The molecular formula is C25H29N5S. The van der Waals surface area contributed by atoms with Crippen LogP contribution in [0.4, 0.5) is 5.69 Å². The zero-order valence-corrected chi connectivity index (χ0v) is 18.7. The van der Waals surface area contributed by atoms with E-state index in [0.29, 0.717) is 0 Å². The third kappa shape index (κ3) is 3.58. The average molecular weight is 432 g/mol. The minimum Gasteiger partial charge on any atom is -0.399 e.